The summed E-state index contributed by atoms with van der Waals surface area (Å²) >= 11 is 0. The molecule has 0 amide bonds. The van der Waals surface area contributed by atoms with Crippen molar-refractivity contribution in [2.45, 2.75) is 46.1 Å². The molecule has 66 valence electrons. The van der Waals surface area contributed by atoms with Crippen LogP contribution in [0.2, 0.25) is 0 Å². The molecule has 0 saturated carbocycles. The third-order valence-corrected chi connectivity index (χ3v) is 2.20. The van der Waals surface area contributed by atoms with E-state index in [1.54, 1.807) is 0 Å². The van der Waals surface area contributed by atoms with E-state index in [0.29, 0.717) is 6.42 Å². The number of carbonyl (C=O) groups is 1. The molecule has 0 aliphatic rings. The molecule has 2 heteroatoms. The maximum Gasteiger partial charge on any atom is 0.161 e. The maximum absolute atomic E-state index is 11.0. The van der Waals surface area contributed by atoms with Crippen LogP contribution in [0.25, 0.3) is 0 Å². The summed E-state index contributed by atoms with van der Waals surface area (Å²) in [5.41, 5.74) is -1.09. The predicted molar refractivity (Wildman–Crippen MR) is 45.4 cm³/mol. The van der Waals surface area contributed by atoms with Gasteiger partial charge in [0, 0.05) is 0 Å². The van der Waals surface area contributed by atoms with E-state index in [1.165, 1.54) is 6.92 Å². The first-order valence-electron chi connectivity index (χ1n) is 4.18. The van der Waals surface area contributed by atoms with Crippen LogP contribution in [0, 0.1) is 5.92 Å². The lowest BCUT2D eigenvalue weighted by Crippen LogP contribution is -2.42. The first-order valence-corrected chi connectivity index (χ1v) is 4.18. The molecule has 0 bridgehead atoms. The van der Waals surface area contributed by atoms with E-state index in [1.807, 2.05) is 20.8 Å². The average molecular weight is 158 g/mol. The summed E-state index contributed by atoms with van der Waals surface area (Å²) in [5.74, 6) is -0.103. The Balaban J connectivity index is 4.38. The van der Waals surface area contributed by atoms with Crippen LogP contribution in [0.4, 0.5) is 0 Å². The summed E-state index contributed by atoms with van der Waals surface area (Å²) in [7, 11) is 0. The van der Waals surface area contributed by atoms with Gasteiger partial charge in [0.2, 0.25) is 0 Å². The normalized spacial score (nSPS) is 16.5. The molecular formula is C9H18O2. The van der Waals surface area contributed by atoms with Crippen molar-refractivity contribution >= 4 is 5.78 Å². The van der Waals surface area contributed by atoms with Crippen molar-refractivity contribution in [2.75, 3.05) is 0 Å². The van der Waals surface area contributed by atoms with Gasteiger partial charge < -0.3 is 5.11 Å². The van der Waals surface area contributed by atoms with E-state index in [2.05, 4.69) is 0 Å². The Labute approximate surface area is 68.6 Å². The van der Waals surface area contributed by atoms with Crippen molar-refractivity contribution in [1.82, 2.24) is 0 Å². The van der Waals surface area contributed by atoms with Gasteiger partial charge in [0.25, 0.3) is 0 Å². The van der Waals surface area contributed by atoms with Gasteiger partial charge in [0.1, 0.15) is 5.60 Å². The van der Waals surface area contributed by atoms with E-state index < -0.39 is 5.60 Å². The topological polar surface area (TPSA) is 37.3 Å². The van der Waals surface area contributed by atoms with Crippen molar-refractivity contribution < 1.29 is 9.90 Å². The second kappa shape index (κ2) is 3.86. The molecule has 1 unspecified atom stereocenters. The van der Waals surface area contributed by atoms with E-state index in [-0.39, 0.29) is 11.7 Å². The molecule has 0 aromatic carbocycles. The lowest BCUT2D eigenvalue weighted by molar-refractivity contribution is -0.140. The van der Waals surface area contributed by atoms with Crippen LogP contribution in [0.5, 0.6) is 0 Å². The number of carbonyl (C=O) groups excluding carboxylic acids is 1. The Hall–Kier alpha value is -0.370. The zero-order chi connectivity index (χ0) is 9.07. The second-order valence-electron chi connectivity index (χ2n) is 3.39. The highest BCUT2D eigenvalue weighted by Crippen LogP contribution is 2.23. The quantitative estimate of drug-likeness (QED) is 0.677. The molecule has 0 fully saturated rings. The first-order chi connectivity index (χ1) is 4.95. The summed E-state index contributed by atoms with van der Waals surface area (Å²) in [6, 6.07) is 0. The van der Waals surface area contributed by atoms with E-state index in [9.17, 15) is 9.90 Å². The van der Waals surface area contributed by atoms with Crippen LogP contribution in [0.15, 0.2) is 0 Å². The molecule has 0 aliphatic heterocycles. The molecule has 1 N–H and O–H groups in total. The van der Waals surface area contributed by atoms with Crippen LogP contribution in [0.3, 0.4) is 0 Å². The minimum Gasteiger partial charge on any atom is -0.382 e. The summed E-state index contributed by atoms with van der Waals surface area (Å²) in [4.78, 5) is 11.0. The number of hydrogen-bond donors (Lipinski definition) is 1. The van der Waals surface area contributed by atoms with Crippen LogP contribution >= 0.6 is 0 Å². The van der Waals surface area contributed by atoms with Crippen molar-refractivity contribution in [3.05, 3.63) is 0 Å². The predicted octanol–water partition coefficient (Wildman–Crippen LogP) is 1.76. The smallest absolute Gasteiger partial charge is 0.161 e. The third-order valence-electron chi connectivity index (χ3n) is 2.20. The number of hydrogen-bond acceptors (Lipinski definition) is 2. The van der Waals surface area contributed by atoms with Gasteiger partial charge in [-0.25, -0.2) is 0 Å². The lowest BCUT2D eigenvalue weighted by Gasteiger charge is -2.28. The van der Waals surface area contributed by atoms with Crippen LogP contribution in [-0.4, -0.2) is 16.5 Å². The molecule has 0 spiro atoms. The Kier molecular flexibility index (Phi) is 3.73. The van der Waals surface area contributed by atoms with Crippen molar-refractivity contribution in [1.29, 1.82) is 0 Å². The number of rotatable bonds is 4. The fourth-order valence-electron chi connectivity index (χ4n) is 1.25. The zero-order valence-corrected chi connectivity index (χ0v) is 7.85. The highest BCUT2D eigenvalue weighted by atomic mass is 16.3. The molecule has 0 aromatic rings. The Morgan fingerprint density at radius 3 is 2.09 bits per heavy atom. The Morgan fingerprint density at radius 1 is 1.55 bits per heavy atom. The second-order valence-corrected chi connectivity index (χ2v) is 3.39. The maximum atomic E-state index is 11.0. The average Bonchev–Trinajstić information content (AvgIpc) is 1.87. The van der Waals surface area contributed by atoms with E-state index in [0.717, 1.165) is 6.42 Å². The minimum absolute atomic E-state index is 0.0138. The molecule has 0 radical (unpaired) electrons. The summed E-state index contributed by atoms with van der Waals surface area (Å²) < 4.78 is 0. The number of aliphatic hydroxyl groups is 1. The molecule has 0 heterocycles. The first kappa shape index (κ1) is 10.6. The molecule has 0 aromatic heterocycles. The highest BCUT2D eigenvalue weighted by Gasteiger charge is 2.34. The van der Waals surface area contributed by atoms with Crippen LogP contribution in [0.1, 0.15) is 40.5 Å². The van der Waals surface area contributed by atoms with Gasteiger partial charge in [0.15, 0.2) is 5.78 Å². The van der Waals surface area contributed by atoms with Gasteiger partial charge in [-0.1, -0.05) is 27.2 Å². The van der Waals surface area contributed by atoms with Gasteiger partial charge in [0.05, 0.1) is 0 Å². The molecule has 0 saturated heterocycles. The fourth-order valence-corrected chi connectivity index (χ4v) is 1.25. The standard InChI is InChI=1S/C9H18O2/c1-5-6-9(11,7(2)3)8(4)10/h7,11H,5-6H2,1-4H3. The molecule has 0 aliphatic carbocycles. The molecular weight excluding hydrogens is 140 g/mol. The molecule has 1 atom stereocenters. The van der Waals surface area contributed by atoms with Gasteiger partial charge in [-0.3, -0.25) is 4.79 Å². The van der Waals surface area contributed by atoms with Crippen molar-refractivity contribution in [2.24, 2.45) is 5.92 Å². The molecule has 11 heavy (non-hydrogen) atoms. The van der Waals surface area contributed by atoms with E-state index in [4.69, 9.17) is 0 Å². The zero-order valence-electron chi connectivity index (χ0n) is 7.85. The lowest BCUT2D eigenvalue weighted by atomic mass is 9.83. The summed E-state index contributed by atoms with van der Waals surface area (Å²) in [5, 5.41) is 9.82. The SMILES string of the molecule is CCCC(O)(C(C)=O)C(C)C. The fraction of sp³-hybridized carbons (Fsp3) is 0.889. The Bertz CT molecular complexity index is 140. The third kappa shape index (κ3) is 2.29. The highest BCUT2D eigenvalue weighted by molar-refractivity contribution is 5.84. The van der Waals surface area contributed by atoms with Crippen LogP contribution in [-0.2, 0) is 4.79 Å². The summed E-state index contributed by atoms with van der Waals surface area (Å²) in [6.07, 6.45) is 1.41. The summed E-state index contributed by atoms with van der Waals surface area (Å²) in [6.45, 7) is 7.17. The van der Waals surface area contributed by atoms with Gasteiger partial charge in [-0.15, -0.1) is 0 Å². The van der Waals surface area contributed by atoms with Gasteiger partial charge >= 0.3 is 0 Å². The van der Waals surface area contributed by atoms with Gasteiger partial charge in [-0.2, -0.15) is 0 Å². The number of Topliss-reactive ketones (excluding diaryl/α,β-unsaturated/α-hetero) is 1. The molecule has 2 nitrogen and oxygen atoms in total. The monoisotopic (exact) mass is 158 g/mol. The Morgan fingerprint density at radius 2 is 2.00 bits per heavy atom. The minimum atomic E-state index is -1.09. The van der Waals surface area contributed by atoms with Crippen molar-refractivity contribution in [3.63, 3.8) is 0 Å². The van der Waals surface area contributed by atoms with Crippen LogP contribution < -0.4 is 0 Å². The van der Waals surface area contributed by atoms with Gasteiger partial charge in [-0.05, 0) is 19.3 Å². The number of ketones is 1. The van der Waals surface area contributed by atoms with Crippen molar-refractivity contribution in [3.8, 4) is 0 Å². The molecule has 0 rings (SSSR count). The largest absolute Gasteiger partial charge is 0.382 e. The van der Waals surface area contributed by atoms with E-state index >= 15 is 0 Å².